The fourth-order valence-corrected chi connectivity index (χ4v) is 2.81. The zero-order chi connectivity index (χ0) is 17.9. The van der Waals surface area contributed by atoms with Gasteiger partial charge in [0, 0.05) is 32.3 Å². The van der Waals surface area contributed by atoms with Gasteiger partial charge in [-0.25, -0.2) is 4.98 Å². The molecule has 0 unspecified atom stereocenters. The number of carbonyl (C=O) groups is 1. The molecule has 7 heteroatoms. The van der Waals surface area contributed by atoms with Crippen molar-refractivity contribution >= 4 is 16.9 Å². The molecule has 4 rings (SSSR count). The number of nitrogens with one attached hydrogen (secondary N) is 1. The highest BCUT2D eigenvalue weighted by Crippen LogP contribution is 2.16. The number of fused-ring (bicyclic) bond motifs is 1. The quantitative estimate of drug-likeness (QED) is 0.600. The number of aromatic nitrogens is 4. The topological polar surface area (TPSA) is 85.8 Å². The van der Waals surface area contributed by atoms with Gasteiger partial charge in [-0.3, -0.25) is 9.78 Å². The second-order valence-electron chi connectivity index (χ2n) is 5.87. The van der Waals surface area contributed by atoms with Crippen LogP contribution in [0.3, 0.4) is 0 Å². The average Bonchev–Trinajstić information content (AvgIpc) is 3.29. The van der Waals surface area contributed by atoms with Gasteiger partial charge < -0.3 is 14.4 Å². The molecule has 26 heavy (non-hydrogen) atoms. The van der Waals surface area contributed by atoms with Crippen LogP contribution in [0.1, 0.15) is 16.4 Å². The fourth-order valence-electron chi connectivity index (χ4n) is 2.81. The normalized spacial score (nSPS) is 11.0. The van der Waals surface area contributed by atoms with E-state index in [-0.39, 0.29) is 11.7 Å². The number of pyridine rings is 1. The van der Waals surface area contributed by atoms with Crippen molar-refractivity contribution in [3.8, 4) is 11.4 Å². The molecule has 0 spiro atoms. The van der Waals surface area contributed by atoms with Gasteiger partial charge in [0.2, 0.25) is 5.76 Å². The molecular weight excluding hydrogens is 330 g/mol. The van der Waals surface area contributed by atoms with E-state index >= 15 is 0 Å². The molecule has 1 amide bonds. The van der Waals surface area contributed by atoms with E-state index in [4.69, 9.17) is 4.52 Å². The molecule has 0 radical (unpaired) electrons. The highest BCUT2D eigenvalue weighted by Gasteiger charge is 2.15. The summed E-state index contributed by atoms with van der Waals surface area (Å²) in [5, 5.41) is 6.74. The predicted octanol–water partition coefficient (Wildman–Crippen LogP) is 2.60. The van der Waals surface area contributed by atoms with E-state index in [1.54, 1.807) is 12.3 Å². The lowest BCUT2D eigenvalue weighted by Crippen LogP contribution is -2.26. The predicted molar refractivity (Wildman–Crippen MR) is 96.5 cm³/mol. The Balaban J connectivity index is 1.40. The molecule has 0 aliphatic rings. The summed E-state index contributed by atoms with van der Waals surface area (Å²) < 4.78 is 7.17. The van der Waals surface area contributed by atoms with Gasteiger partial charge in [0.25, 0.3) is 5.91 Å². The molecule has 0 aliphatic heterocycles. The molecule has 3 heterocycles. The number of benzene rings is 1. The number of imidazole rings is 1. The van der Waals surface area contributed by atoms with Gasteiger partial charge in [0.05, 0.1) is 16.7 Å². The number of hydrogen-bond donors (Lipinski definition) is 1. The van der Waals surface area contributed by atoms with Crippen LogP contribution in [0.25, 0.3) is 22.4 Å². The molecule has 0 aliphatic carbocycles. The van der Waals surface area contributed by atoms with Crippen LogP contribution in [0.15, 0.2) is 59.3 Å². The number of rotatable bonds is 5. The van der Waals surface area contributed by atoms with Crippen LogP contribution >= 0.6 is 0 Å². The van der Waals surface area contributed by atoms with Gasteiger partial charge in [-0.05, 0) is 24.3 Å². The molecule has 0 bridgehead atoms. The van der Waals surface area contributed by atoms with Crippen LogP contribution in [0.4, 0.5) is 0 Å². The first-order valence-corrected chi connectivity index (χ1v) is 8.29. The maximum atomic E-state index is 12.2. The van der Waals surface area contributed by atoms with Gasteiger partial charge >= 0.3 is 0 Å². The summed E-state index contributed by atoms with van der Waals surface area (Å²) in [5.74, 6) is 0.771. The largest absolute Gasteiger partial charge is 0.350 e. The molecule has 130 valence electrons. The molecule has 0 fully saturated rings. The Morgan fingerprint density at radius 2 is 2.00 bits per heavy atom. The fraction of sp³-hybridized carbons (Fsp3) is 0.158. The minimum absolute atomic E-state index is 0.163. The molecule has 0 saturated carbocycles. The molecule has 0 atom stereocenters. The van der Waals surface area contributed by atoms with Crippen molar-refractivity contribution < 1.29 is 9.32 Å². The minimum Gasteiger partial charge on any atom is -0.350 e. The van der Waals surface area contributed by atoms with Crippen molar-refractivity contribution in [1.29, 1.82) is 0 Å². The average molecular weight is 347 g/mol. The highest BCUT2D eigenvalue weighted by molar-refractivity contribution is 5.92. The molecular formula is C19H17N5O2. The van der Waals surface area contributed by atoms with Crippen molar-refractivity contribution in [2.24, 2.45) is 7.05 Å². The van der Waals surface area contributed by atoms with E-state index in [1.165, 1.54) is 0 Å². The lowest BCUT2D eigenvalue weighted by molar-refractivity contribution is 0.0917. The SMILES string of the molecule is Cn1c(CCNC(=O)c2cc(-c3ccccn3)no2)nc2ccccc21. The summed E-state index contributed by atoms with van der Waals surface area (Å²) in [6.45, 7) is 0.454. The third-order valence-corrected chi connectivity index (χ3v) is 4.18. The van der Waals surface area contributed by atoms with Crippen LogP contribution in [-0.4, -0.2) is 32.1 Å². The smallest absolute Gasteiger partial charge is 0.289 e. The Hall–Kier alpha value is -3.48. The number of hydrogen-bond acceptors (Lipinski definition) is 5. The third kappa shape index (κ3) is 3.06. The van der Waals surface area contributed by atoms with E-state index in [1.807, 2.05) is 54.1 Å². The minimum atomic E-state index is -0.307. The molecule has 0 saturated heterocycles. The summed E-state index contributed by atoms with van der Waals surface area (Å²) in [4.78, 5) is 21.0. The van der Waals surface area contributed by atoms with Crippen LogP contribution in [0, 0.1) is 0 Å². The summed E-state index contributed by atoms with van der Waals surface area (Å²) in [6, 6.07) is 15.0. The number of para-hydroxylation sites is 2. The van der Waals surface area contributed by atoms with Crippen molar-refractivity contribution in [2.45, 2.75) is 6.42 Å². The van der Waals surface area contributed by atoms with Crippen molar-refractivity contribution in [2.75, 3.05) is 6.54 Å². The first-order chi connectivity index (χ1) is 12.7. The number of amides is 1. The lowest BCUT2D eigenvalue weighted by Gasteiger charge is -2.03. The molecule has 1 aromatic carbocycles. The summed E-state index contributed by atoms with van der Waals surface area (Å²) in [7, 11) is 1.97. The Morgan fingerprint density at radius 3 is 2.81 bits per heavy atom. The number of nitrogens with zero attached hydrogens (tertiary/aromatic N) is 4. The Morgan fingerprint density at radius 1 is 1.15 bits per heavy atom. The second-order valence-corrected chi connectivity index (χ2v) is 5.87. The van der Waals surface area contributed by atoms with Gasteiger partial charge in [0.15, 0.2) is 0 Å². The highest BCUT2D eigenvalue weighted by atomic mass is 16.5. The van der Waals surface area contributed by atoms with Crippen LogP contribution in [-0.2, 0) is 13.5 Å². The summed E-state index contributed by atoms with van der Waals surface area (Å²) >= 11 is 0. The van der Waals surface area contributed by atoms with Crippen molar-refractivity contribution in [3.63, 3.8) is 0 Å². The Labute approximate surface area is 149 Å². The van der Waals surface area contributed by atoms with Gasteiger partial charge in [-0.1, -0.05) is 23.4 Å². The molecule has 7 nitrogen and oxygen atoms in total. The van der Waals surface area contributed by atoms with E-state index in [0.717, 1.165) is 16.9 Å². The van der Waals surface area contributed by atoms with Gasteiger partial charge in [0.1, 0.15) is 11.5 Å². The molecule has 4 aromatic rings. The number of carbonyl (C=O) groups excluding carboxylic acids is 1. The Bertz CT molecular complexity index is 1050. The van der Waals surface area contributed by atoms with E-state index < -0.39 is 0 Å². The summed E-state index contributed by atoms with van der Waals surface area (Å²) in [6.07, 6.45) is 2.29. The standard InChI is InChI=1S/C19H17N5O2/c1-24-16-8-3-2-7-14(16)22-18(24)9-11-21-19(25)17-12-15(23-26-17)13-6-4-5-10-20-13/h2-8,10,12H,9,11H2,1H3,(H,21,25). The lowest BCUT2D eigenvalue weighted by atomic mass is 10.2. The monoisotopic (exact) mass is 347 g/mol. The molecule has 3 aromatic heterocycles. The zero-order valence-electron chi connectivity index (χ0n) is 14.2. The van der Waals surface area contributed by atoms with Crippen LogP contribution in [0.2, 0.25) is 0 Å². The van der Waals surface area contributed by atoms with Crippen molar-refractivity contribution in [3.05, 3.63) is 66.3 Å². The van der Waals surface area contributed by atoms with E-state index in [0.29, 0.717) is 24.4 Å². The molecule has 1 N–H and O–H groups in total. The maximum absolute atomic E-state index is 12.2. The Kier molecular flexibility index (Phi) is 4.18. The first-order valence-electron chi connectivity index (χ1n) is 8.29. The second kappa shape index (κ2) is 6.79. The van der Waals surface area contributed by atoms with Crippen molar-refractivity contribution in [1.82, 2.24) is 25.0 Å². The van der Waals surface area contributed by atoms with Gasteiger partial charge in [-0.15, -0.1) is 0 Å². The van der Waals surface area contributed by atoms with E-state index in [9.17, 15) is 4.79 Å². The maximum Gasteiger partial charge on any atom is 0.289 e. The summed E-state index contributed by atoms with van der Waals surface area (Å²) in [5.41, 5.74) is 3.22. The van der Waals surface area contributed by atoms with Crippen LogP contribution in [0.5, 0.6) is 0 Å². The zero-order valence-corrected chi connectivity index (χ0v) is 14.2. The van der Waals surface area contributed by atoms with Crippen LogP contribution < -0.4 is 5.32 Å². The number of aryl methyl sites for hydroxylation is 1. The van der Waals surface area contributed by atoms with Gasteiger partial charge in [-0.2, -0.15) is 0 Å². The third-order valence-electron chi connectivity index (χ3n) is 4.18. The first kappa shape index (κ1) is 16.0. The van der Waals surface area contributed by atoms with E-state index in [2.05, 4.69) is 20.4 Å².